The van der Waals surface area contributed by atoms with Gasteiger partial charge in [-0.05, 0) is 23.5 Å². The summed E-state index contributed by atoms with van der Waals surface area (Å²) in [5.74, 6) is 1.39. The molecule has 5 heteroatoms. The third-order valence-corrected chi connectivity index (χ3v) is 5.21. The average molecular weight is 392 g/mol. The average Bonchev–Trinajstić information content (AvgIpc) is 2.92. The van der Waals surface area contributed by atoms with Crippen molar-refractivity contribution in [3.63, 3.8) is 0 Å². The molecule has 1 aromatic rings. The molecule has 2 N–H and O–H groups in total. The van der Waals surface area contributed by atoms with E-state index in [2.05, 4.69) is 6.42 Å². The molecule has 1 aromatic carbocycles. The molecule has 4 radical (unpaired) electrons. The molecule has 3 nitrogen and oxygen atoms in total. The molecule has 0 bridgehead atoms. The molecular weight excluding hydrogens is 362 g/mol. The van der Waals surface area contributed by atoms with Crippen LogP contribution in [0.25, 0.3) is 5.32 Å². The van der Waals surface area contributed by atoms with Gasteiger partial charge < -0.3 is 22.0 Å². The zero-order chi connectivity index (χ0) is 13.0. The van der Waals surface area contributed by atoms with Crippen LogP contribution >= 0.6 is 0 Å². The van der Waals surface area contributed by atoms with E-state index in [4.69, 9.17) is 5.32 Å². The van der Waals surface area contributed by atoms with Crippen molar-refractivity contribution < 1.29 is 44.3 Å². The number of hydrogen-bond donors (Lipinski definition) is 2. The molecular formula is C18H29BNO2Y-2. The van der Waals surface area contributed by atoms with E-state index in [1.54, 1.807) is 6.07 Å². The minimum atomic E-state index is 0. The fourth-order valence-corrected chi connectivity index (χ4v) is 4.43. The maximum atomic E-state index is 10.3. The Hall–Kier alpha value is -0.0512. The first-order chi connectivity index (χ1) is 9.27. The van der Waals surface area contributed by atoms with Gasteiger partial charge in [-0.3, -0.25) is 0 Å². The van der Waals surface area contributed by atoms with Crippen LogP contribution in [-0.2, 0) is 32.7 Å². The first-order valence-electron chi connectivity index (χ1n) is 7.32. The molecule has 0 spiro atoms. The minimum Gasteiger partial charge on any atom is -0.661 e. The Morgan fingerprint density at radius 1 is 1.13 bits per heavy atom. The van der Waals surface area contributed by atoms with Gasteiger partial charge in [0, 0.05) is 48.1 Å². The molecule has 1 saturated heterocycles. The van der Waals surface area contributed by atoms with Crippen LogP contribution in [0.3, 0.4) is 0 Å². The molecule has 3 aliphatic rings. The van der Waals surface area contributed by atoms with Crippen LogP contribution in [-0.4, -0.2) is 31.2 Å². The fourth-order valence-electron chi connectivity index (χ4n) is 4.43. The van der Waals surface area contributed by atoms with Crippen molar-refractivity contribution in [1.82, 2.24) is 0 Å². The number of phenols is 2. The van der Waals surface area contributed by atoms with E-state index in [0.29, 0.717) is 23.8 Å². The summed E-state index contributed by atoms with van der Waals surface area (Å²) >= 11 is 0. The van der Waals surface area contributed by atoms with Crippen LogP contribution in [0.1, 0.15) is 64.9 Å². The number of benzene rings is 1. The number of fused-ring (bicyclic) bond motifs is 6. The largest absolute Gasteiger partial charge is 0.661 e. The third-order valence-electron chi connectivity index (χ3n) is 5.21. The van der Waals surface area contributed by atoms with Crippen LogP contribution in [0.2, 0.25) is 0 Å². The molecule has 23 heavy (non-hydrogen) atoms. The van der Waals surface area contributed by atoms with Crippen molar-refractivity contribution in [1.29, 1.82) is 0 Å². The Morgan fingerprint density at radius 3 is 2.61 bits per heavy atom. The Bertz CT molecular complexity index is 532. The van der Waals surface area contributed by atoms with Crippen molar-refractivity contribution in [3.8, 4) is 11.5 Å². The van der Waals surface area contributed by atoms with E-state index in [-0.39, 0.29) is 68.9 Å². The number of aromatic hydroxyl groups is 2. The van der Waals surface area contributed by atoms with Gasteiger partial charge >= 0.3 is 0 Å². The molecule has 2 aliphatic carbocycles. The predicted octanol–water partition coefficient (Wildman–Crippen LogP) is 4.56. The number of phenolic OH excluding ortho intramolecular Hbond substituents is 2. The van der Waals surface area contributed by atoms with Gasteiger partial charge in [-0.15, -0.1) is 6.54 Å². The number of rotatable bonds is 0. The van der Waals surface area contributed by atoms with E-state index in [1.807, 2.05) is 6.07 Å². The van der Waals surface area contributed by atoms with Crippen LogP contribution < -0.4 is 0 Å². The summed E-state index contributed by atoms with van der Waals surface area (Å²) in [4.78, 5) is 0. The maximum absolute atomic E-state index is 10.3. The third kappa shape index (κ3) is 3.50. The molecule has 0 aromatic heterocycles. The first kappa shape index (κ1) is 22.9. The quantitative estimate of drug-likeness (QED) is 0.386. The van der Waals surface area contributed by atoms with Crippen molar-refractivity contribution in [2.45, 2.75) is 58.4 Å². The van der Waals surface area contributed by atoms with Crippen LogP contribution in [0.5, 0.6) is 11.5 Å². The second kappa shape index (κ2) is 8.87. The summed E-state index contributed by atoms with van der Waals surface area (Å²) in [5.41, 5.74) is 2.25. The number of nitrogens with zero attached hydrogens (tertiary/aromatic N) is 1. The molecule has 4 rings (SSSR count). The number of hydrogen-bond acceptors (Lipinski definition) is 2. The minimum absolute atomic E-state index is 0. The SMILES string of the molecule is C.C.Oc1ccc2c(c1O)[C@@H]1CCC[CH-][C@@H]1[C@H]1[N-]CCC21.[2HH].[B].[Y]. The van der Waals surface area contributed by atoms with Gasteiger partial charge in [-0.1, -0.05) is 40.2 Å². The van der Waals surface area contributed by atoms with Gasteiger partial charge in [0.25, 0.3) is 0 Å². The fraction of sp³-hybridized carbons (Fsp3) is 0.611. The summed E-state index contributed by atoms with van der Waals surface area (Å²) in [6.07, 6.45) is 6.93. The van der Waals surface area contributed by atoms with E-state index < -0.39 is 0 Å². The van der Waals surface area contributed by atoms with Crippen molar-refractivity contribution in [2.24, 2.45) is 5.92 Å². The Balaban J connectivity index is 0. The zero-order valence-corrected chi connectivity index (χ0v) is 14.9. The molecule has 0 amide bonds. The molecule has 4 atom stereocenters. The van der Waals surface area contributed by atoms with E-state index in [1.165, 1.54) is 12.0 Å². The van der Waals surface area contributed by atoms with Gasteiger partial charge in [0.2, 0.25) is 0 Å². The molecule has 2 fully saturated rings. The molecule has 1 heterocycles. The van der Waals surface area contributed by atoms with E-state index in [9.17, 15) is 10.2 Å². The predicted molar refractivity (Wildman–Crippen MR) is 94.9 cm³/mol. The monoisotopic (exact) mass is 392 g/mol. The smallest absolute Gasteiger partial charge is 0.161 e. The van der Waals surface area contributed by atoms with Crippen LogP contribution in [0.4, 0.5) is 0 Å². The Labute approximate surface area is 169 Å². The van der Waals surface area contributed by atoms with E-state index in [0.717, 1.165) is 31.4 Å². The maximum Gasteiger partial charge on any atom is 0.161 e. The van der Waals surface area contributed by atoms with Gasteiger partial charge in [0.05, 0.1) is 0 Å². The normalized spacial score (nSPS) is 30.1. The summed E-state index contributed by atoms with van der Waals surface area (Å²) in [6.45, 7) is 0.938. The summed E-state index contributed by atoms with van der Waals surface area (Å²) < 4.78 is 0. The Kier molecular flexibility index (Phi) is 8.85. The van der Waals surface area contributed by atoms with Gasteiger partial charge in [0.15, 0.2) is 11.5 Å². The second-order valence-electron chi connectivity index (χ2n) is 6.08. The van der Waals surface area contributed by atoms with Crippen LogP contribution in [0.15, 0.2) is 12.1 Å². The van der Waals surface area contributed by atoms with Gasteiger partial charge in [-0.2, -0.15) is 18.4 Å². The summed E-state index contributed by atoms with van der Waals surface area (Å²) in [5, 5.41) is 24.9. The van der Waals surface area contributed by atoms with E-state index >= 15 is 0 Å². The zero-order valence-electron chi connectivity index (χ0n) is 12.1. The first-order valence-corrected chi connectivity index (χ1v) is 7.32. The van der Waals surface area contributed by atoms with Gasteiger partial charge in [0.1, 0.15) is 0 Å². The van der Waals surface area contributed by atoms with Crippen LogP contribution in [0, 0.1) is 12.3 Å². The molecule has 1 unspecified atom stereocenters. The van der Waals surface area contributed by atoms with Gasteiger partial charge in [-0.25, -0.2) is 0 Å². The van der Waals surface area contributed by atoms with Crippen molar-refractivity contribution in [3.05, 3.63) is 35.0 Å². The second-order valence-corrected chi connectivity index (χ2v) is 6.08. The topological polar surface area (TPSA) is 54.6 Å². The standard InChI is InChI=1S/C16H19NO2.2CH4.B.Y.H2/c18-13-6-5-10-12-7-8-17-15(12)11-4-2-1-3-9(11)14(10)16(13)19;;;;;/h4-6,9,11-12,15,18-19H,1-3,7-8H2;2*1H4;;;1H/q-2;;;;;/t9-,11+,12?,15-;;;;;/m1...../s1/i;;;;;1+1. The Morgan fingerprint density at radius 2 is 1.87 bits per heavy atom. The molecule has 126 valence electrons. The summed E-state index contributed by atoms with van der Waals surface area (Å²) in [6, 6.07) is 4.05. The molecule has 1 aliphatic heterocycles. The van der Waals surface area contributed by atoms with Crippen molar-refractivity contribution in [2.75, 3.05) is 6.54 Å². The summed E-state index contributed by atoms with van der Waals surface area (Å²) in [7, 11) is 0. The van der Waals surface area contributed by atoms with Crippen molar-refractivity contribution >= 4 is 8.41 Å². The molecule has 1 saturated carbocycles.